The number of nitrogen functional groups attached to an aromatic ring is 1. The molecule has 1 aromatic carbocycles. The molecule has 0 saturated heterocycles. The number of methoxy groups -OCH3 is 1. The maximum absolute atomic E-state index is 9.03. The van der Waals surface area contributed by atoms with Gasteiger partial charge in [0.2, 0.25) is 5.16 Å². The SMILES string of the molecule is COc1ccccc1-c1nnc(SCCC(C)(C)C#N)n1N. The van der Waals surface area contributed by atoms with Crippen LogP contribution in [0.3, 0.4) is 0 Å². The van der Waals surface area contributed by atoms with E-state index in [1.54, 1.807) is 7.11 Å². The smallest absolute Gasteiger partial charge is 0.210 e. The standard InChI is InChI=1S/C15H19N5OS/c1-15(2,10-16)8-9-22-14-19-18-13(20(14)17)11-6-4-5-7-12(11)21-3/h4-7H,8-9,17H2,1-3H3. The molecular formula is C15H19N5OS. The highest BCUT2D eigenvalue weighted by molar-refractivity contribution is 7.99. The second-order valence-corrected chi connectivity index (χ2v) is 6.53. The number of aromatic nitrogens is 3. The number of thioether (sulfide) groups is 1. The molecule has 0 aliphatic heterocycles. The first-order valence-corrected chi connectivity index (χ1v) is 7.85. The van der Waals surface area contributed by atoms with Gasteiger partial charge in [-0.2, -0.15) is 5.26 Å². The highest BCUT2D eigenvalue weighted by Gasteiger charge is 2.19. The van der Waals surface area contributed by atoms with E-state index >= 15 is 0 Å². The quantitative estimate of drug-likeness (QED) is 0.651. The fourth-order valence-electron chi connectivity index (χ4n) is 1.84. The Balaban J connectivity index is 2.15. The van der Waals surface area contributed by atoms with Crippen molar-refractivity contribution in [3.8, 4) is 23.2 Å². The van der Waals surface area contributed by atoms with Crippen LogP contribution in [0.15, 0.2) is 29.4 Å². The number of nitriles is 1. The molecule has 0 atom stereocenters. The summed E-state index contributed by atoms with van der Waals surface area (Å²) in [5.41, 5.74) is 0.446. The number of hydrogen-bond donors (Lipinski definition) is 1. The molecule has 0 aliphatic carbocycles. The minimum absolute atomic E-state index is 0.349. The van der Waals surface area contributed by atoms with E-state index in [0.29, 0.717) is 16.7 Å². The van der Waals surface area contributed by atoms with Gasteiger partial charge in [0.25, 0.3) is 0 Å². The summed E-state index contributed by atoms with van der Waals surface area (Å²) in [6.07, 6.45) is 0.755. The van der Waals surface area contributed by atoms with Crippen LogP contribution in [0.25, 0.3) is 11.4 Å². The zero-order valence-corrected chi connectivity index (χ0v) is 13.7. The van der Waals surface area contributed by atoms with Crippen molar-refractivity contribution in [2.75, 3.05) is 18.7 Å². The highest BCUT2D eigenvalue weighted by Crippen LogP contribution is 2.30. The fraction of sp³-hybridized carbons (Fsp3) is 0.400. The number of hydrogen-bond acceptors (Lipinski definition) is 6. The summed E-state index contributed by atoms with van der Waals surface area (Å²) in [4.78, 5) is 0. The molecule has 2 N–H and O–H groups in total. The van der Waals surface area contributed by atoms with Crippen LogP contribution in [0.2, 0.25) is 0 Å². The zero-order valence-electron chi connectivity index (χ0n) is 12.9. The Morgan fingerprint density at radius 2 is 2.09 bits per heavy atom. The fourth-order valence-corrected chi connectivity index (χ4v) is 2.96. The molecule has 22 heavy (non-hydrogen) atoms. The Labute approximate surface area is 134 Å². The van der Waals surface area contributed by atoms with Gasteiger partial charge in [0, 0.05) is 5.75 Å². The van der Waals surface area contributed by atoms with Gasteiger partial charge in [0.1, 0.15) is 5.75 Å². The summed E-state index contributed by atoms with van der Waals surface area (Å²) in [7, 11) is 1.61. The molecule has 1 heterocycles. The Hall–Kier alpha value is -2.20. The molecule has 116 valence electrons. The van der Waals surface area contributed by atoms with Crippen molar-refractivity contribution in [1.82, 2.24) is 14.9 Å². The number of nitrogens with zero attached hydrogens (tertiary/aromatic N) is 4. The van der Waals surface area contributed by atoms with Crippen molar-refractivity contribution in [1.29, 1.82) is 5.26 Å². The van der Waals surface area contributed by atoms with Crippen molar-refractivity contribution < 1.29 is 4.74 Å². The van der Waals surface area contributed by atoms with Crippen molar-refractivity contribution in [3.05, 3.63) is 24.3 Å². The van der Waals surface area contributed by atoms with Gasteiger partial charge < -0.3 is 10.6 Å². The molecule has 0 spiro atoms. The second kappa shape index (κ2) is 6.71. The molecule has 1 aromatic heterocycles. The zero-order chi connectivity index (χ0) is 16.2. The van der Waals surface area contributed by atoms with Crippen LogP contribution in [0, 0.1) is 16.7 Å². The van der Waals surface area contributed by atoms with Crippen molar-refractivity contribution in [3.63, 3.8) is 0 Å². The lowest BCUT2D eigenvalue weighted by Crippen LogP contribution is -2.13. The normalized spacial score (nSPS) is 11.2. The highest BCUT2D eigenvalue weighted by atomic mass is 32.2. The van der Waals surface area contributed by atoms with E-state index in [2.05, 4.69) is 16.3 Å². The van der Waals surface area contributed by atoms with Gasteiger partial charge in [0.05, 0.1) is 24.2 Å². The van der Waals surface area contributed by atoms with Crippen LogP contribution >= 0.6 is 11.8 Å². The Morgan fingerprint density at radius 1 is 1.36 bits per heavy atom. The van der Waals surface area contributed by atoms with Gasteiger partial charge in [-0.15, -0.1) is 10.2 Å². The maximum atomic E-state index is 9.03. The molecule has 0 radical (unpaired) electrons. The van der Waals surface area contributed by atoms with Crippen molar-refractivity contribution in [2.24, 2.45) is 5.41 Å². The number of para-hydroxylation sites is 1. The second-order valence-electron chi connectivity index (χ2n) is 5.47. The molecule has 0 saturated carbocycles. The molecule has 7 heteroatoms. The number of benzene rings is 1. The third-order valence-electron chi connectivity index (χ3n) is 3.27. The van der Waals surface area contributed by atoms with Gasteiger partial charge in [-0.05, 0) is 32.4 Å². The topological polar surface area (TPSA) is 89.8 Å². The van der Waals surface area contributed by atoms with E-state index < -0.39 is 0 Å². The monoisotopic (exact) mass is 317 g/mol. The predicted octanol–water partition coefficient (Wildman–Crippen LogP) is 2.70. The maximum Gasteiger partial charge on any atom is 0.210 e. The summed E-state index contributed by atoms with van der Waals surface area (Å²) in [6, 6.07) is 9.81. The summed E-state index contributed by atoms with van der Waals surface area (Å²) in [6.45, 7) is 3.84. The summed E-state index contributed by atoms with van der Waals surface area (Å²) < 4.78 is 6.79. The van der Waals surface area contributed by atoms with Crippen LogP contribution in [0.4, 0.5) is 0 Å². The van der Waals surface area contributed by atoms with Gasteiger partial charge in [0.15, 0.2) is 5.82 Å². The summed E-state index contributed by atoms with van der Waals surface area (Å²) in [5, 5.41) is 17.9. The largest absolute Gasteiger partial charge is 0.496 e. The third-order valence-corrected chi connectivity index (χ3v) is 4.22. The molecule has 0 bridgehead atoms. The van der Waals surface area contributed by atoms with E-state index in [-0.39, 0.29) is 5.41 Å². The summed E-state index contributed by atoms with van der Waals surface area (Å²) >= 11 is 1.49. The van der Waals surface area contributed by atoms with Crippen molar-refractivity contribution in [2.45, 2.75) is 25.4 Å². The predicted molar refractivity (Wildman–Crippen MR) is 86.9 cm³/mol. The van der Waals surface area contributed by atoms with Crippen LogP contribution in [-0.2, 0) is 0 Å². The number of ether oxygens (including phenoxy) is 1. The molecule has 0 unspecified atom stereocenters. The first-order valence-electron chi connectivity index (χ1n) is 6.86. The van der Waals surface area contributed by atoms with Crippen molar-refractivity contribution >= 4 is 11.8 Å². The molecule has 0 amide bonds. The van der Waals surface area contributed by atoms with E-state index in [0.717, 1.165) is 17.7 Å². The molecule has 2 rings (SSSR count). The van der Waals surface area contributed by atoms with Crippen LogP contribution in [0.1, 0.15) is 20.3 Å². The molecule has 0 aliphatic rings. The first kappa shape index (κ1) is 16.2. The van der Waals surface area contributed by atoms with E-state index in [1.165, 1.54) is 16.4 Å². The summed E-state index contributed by atoms with van der Waals surface area (Å²) in [5.74, 6) is 8.10. The van der Waals surface area contributed by atoms with Gasteiger partial charge in [-0.1, -0.05) is 23.9 Å². The molecule has 2 aromatic rings. The van der Waals surface area contributed by atoms with Crippen LogP contribution in [-0.4, -0.2) is 27.7 Å². The lowest BCUT2D eigenvalue weighted by atomic mass is 9.93. The van der Waals surface area contributed by atoms with E-state index in [1.807, 2.05) is 38.1 Å². The third kappa shape index (κ3) is 3.52. The Bertz CT molecular complexity index is 689. The molecule has 6 nitrogen and oxygen atoms in total. The number of nitrogens with two attached hydrogens (primary N) is 1. The lowest BCUT2D eigenvalue weighted by Gasteiger charge is -2.13. The molecular weight excluding hydrogens is 298 g/mol. The number of rotatable bonds is 6. The average Bonchev–Trinajstić information content (AvgIpc) is 2.88. The van der Waals surface area contributed by atoms with Gasteiger partial charge in [-0.25, -0.2) is 4.68 Å². The first-order chi connectivity index (χ1) is 10.5. The Kier molecular flexibility index (Phi) is 4.93. The van der Waals surface area contributed by atoms with Crippen LogP contribution in [0.5, 0.6) is 5.75 Å². The van der Waals surface area contributed by atoms with Gasteiger partial charge >= 0.3 is 0 Å². The van der Waals surface area contributed by atoms with E-state index in [9.17, 15) is 0 Å². The van der Waals surface area contributed by atoms with E-state index in [4.69, 9.17) is 15.8 Å². The lowest BCUT2D eigenvalue weighted by molar-refractivity contribution is 0.416. The molecule has 0 fully saturated rings. The van der Waals surface area contributed by atoms with Gasteiger partial charge in [-0.3, -0.25) is 0 Å². The average molecular weight is 317 g/mol. The minimum atomic E-state index is -0.349. The Morgan fingerprint density at radius 3 is 2.77 bits per heavy atom. The minimum Gasteiger partial charge on any atom is -0.496 e. The van der Waals surface area contributed by atoms with Crippen LogP contribution < -0.4 is 10.6 Å².